The van der Waals surface area contributed by atoms with E-state index in [4.69, 9.17) is 11.6 Å². The number of sulfonamides is 1. The molecule has 1 heterocycles. The van der Waals surface area contributed by atoms with Crippen LogP contribution in [0.1, 0.15) is 16.7 Å². The summed E-state index contributed by atoms with van der Waals surface area (Å²) < 4.78 is 40.5. The molecule has 0 amide bonds. The van der Waals surface area contributed by atoms with Gasteiger partial charge in [0.1, 0.15) is 10.7 Å². The number of hydrogen-bond donors (Lipinski definition) is 0. The lowest BCUT2D eigenvalue weighted by Crippen LogP contribution is -2.26. The minimum absolute atomic E-state index is 0.145. The number of benzene rings is 2. The quantitative estimate of drug-likeness (QED) is 0.812. The van der Waals surface area contributed by atoms with Crippen molar-refractivity contribution in [2.24, 2.45) is 0 Å². The lowest BCUT2D eigenvalue weighted by atomic mass is 10.1. The molecule has 0 saturated heterocycles. The van der Waals surface area contributed by atoms with Crippen molar-refractivity contribution in [2.45, 2.75) is 23.9 Å². The molecule has 0 N–H and O–H groups in total. The normalized spacial score (nSPS) is 15.1. The average Bonchev–Trinajstić information content (AvgIpc) is 2.91. The number of halogens is 2. The summed E-state index contributed by atoms with van der Waals surface area (Å²) in [4.78, 5) is -0.302. The molecule has 0 aromatic heterocycles. The Morgan fingerprint density at radius 1 is 1.10 bits per heavy atom. The first-order chi connectivity index (χ1) is 10.0. The Kier molecular flexibility index (Phi) is 3.73. The van der Waals surface area contributed by atoms with Gasteiger partial charge < -0.3 is 0 Å². The third kappa shape index (κ3) is 2.57. The van der Waals surface area contributed by atoms with E-state index in [9.17, 15) is 12.8 Å². The molecule has 2 aromatic carbocycles. The monoisotopic (exact) mass is 325 g/mol. The molecule has 0 radical (unpaired) electrons. The summed E-state index contributed by atoms with van der Waals surface area (Å²) in [6.07, 6.45) is 0. The molecule has 21 heavy (non-hydrogen) atoms. The fraction of sp³-hybridized carbons (Fsp3) is 0.200. The largest absolute Gasteiger partial charge is 0.246 e. The highest BCUT2D eigenvalue weighted by Gasteiger charge is 2.32. The van der Waals surface area contributed by atoms with Crippen LogP contribution in [0.3, 0.4) is 0 Å². The van der Waals surface area contributed by atoms with Gasteiger partial charge in [-0.05, 0) is 28.8 Å². The van der Waals surface area contributed by atoms with Gasteiger partial charge in [0.2, 0.25) is 10.0 Å². The van der Waals surface area contributed by atoms with Gasteiger partial charge in [0.05, 0.1) is 0 Å². The maximum Gasteiger partial charge on any atom is 0.246 e. The van der Waals surface area contributed by atoms with Gasteiger partial charge in [-0.3, -0.25) is 0 Å². The van der Waals surface area contributed by atoms with Crippen molar-refractivity contribution in [3.63, 3.8) is 0 Å². The van der Waals surface area contributed by atoms with Crippen LogP contribution in [0.25, 0.3) is 0 Å². The molecule has 0 unspecified atom stereocenters. The van der Waals surface area contributed by atoms with Crippen LogP contribution in [0.5, 0.6) is 0 Å². The van der Waals surface area contributed by atoms with Crippen LogP contribution in [0, 0.1) is 5.82 Å². The van der Waals surface area contributed by atoms with Crippen molar-refractivity contribution >= 4 is 21.6 Å². The number of hydrogen-bond acceptors (Lipinski definition) is 2. The van der Waals surface area contributed by atoms with E-state index in [0.717, 1.165) is 11.1 Å². The molecular weight excluding hydrogens is 313 g/mol. The molecule has 0 saturated carbocycles. The van der Waals surface area contributed by atoms with Gasteiger partial charge in [0.25, 0.3) is 0 Å². The zero-order chi connectivity index (χ0) is 15.0. The first-order valence-electron chi connectivity index (χ1n) is 6.43. The van der Waals surface area contributed by atoms with E-state index in [-0.39, 0.29) is 23.9 Å². The summed E-state index contributed by atoms with van der Waals surface area (Å²) in [7, 11) is -3.85. The smallest absolute Gasteiger partial charge is 0.207 e. The summed E-state index contributed by atoms with van der Waals surface area (Å²) >= 11 is 5.63. The number of fused-ring (bicyclic) bond motifs is 1. The molecule has 1 aliphatic heterocycles. The number of nitrogens with zero attached hydrogens (tertiary/aromatic N) is 1. The van der Waals surface area contributed by atoms with E-state index in [1.54, 1.807) is 0 Å². The Labute approximate surface area is 128 Å². The summed E-state index contributed by atoms with van der Waals surface area (Å²) in [5, 5.41) is 0. The molecule has 0 spiro atoms. The summed E-state index contributed by atoms with van der Waals surface area (Å²) in [5.41, 5.74) is 2.47. The van der Waals surface area contributed by atoms with Gasteiger partial charge in [-0.15, -0.1) is 11.6 Å². The summed E-state index contributed by atoms with van der Waals surface area (Å²) in [6, 6.07) is 11.5. The van der Waals surface area contributed by atoms with Crippen LogP contribution in [0.2, 0.25) is 0 Å². The Hall–Kier alpha value is -1.43. The van der Waals surface area contributed by atoms with Crippen molar-refractivity contribution in [1.82, 2.24) is 4.31 Å². The maximum absolute atomic E-state index is 14.1. The first-order valence-corrected chi connectivity index (χ1v) is 8.41. The molecule has 2 aromatic rings. The predicted octanol–water partition coefficient (Wildman–Crippen LogP) is 3.27. The highest BCUT2D eigenvalue weighted by molar-refractivity contribution is 7.89. The van der Waals surface area contributed by atoms with Gasteiger partial charge >= 0.3 is 0 Å². The Morgan fingerprint density at radius 2 is 1.71 bits per heavy atom. The minimum Gasteiger partial charge on any atom is -0.207 e. The number of alkyl halides is 1. The van der Waals surface area contributed by atoms with Gasteiger partial charge in [0.15, 0.2) is 0 Å². The summed E-state index contributed by atoms with van der Waals surface area (Å²) in [6.45, 7) is 0.546. The van der Waals surface area contributed by atoms with E-state index in [1.807, 2.05) is 24.3 Å². The van der Waals surface area contributed by atoms with Gasteiger partial charge in [-0.25, -0.2) is 12.8 Å². The topological polar surface area (TPSA) is 37.4 Å². The van der Waals surface area contributed by atoms with Crippen LogP contribution in [-0.4, -0.2) is 12.7 Å². The van der Waals surface area contributed by atoms with E-state index in [1.165, 1.54) is 22.5 Å². The van der Waals surface area contributed by atoms with Crippen molar-refractivity contribution in [3.05, 3.63) is 65.0 Å². The molecular formula is C15H13ClFNO2S. The lowest BCUT2D eigenvalue weighted by Gasteiger charge is -2.16. The SMILES string of the molecule is O=S(=O)(c1ccc(CCl)cc1F)N1Cc2ccccc2C1. The lowest BCUT2D eigenvalue weighted by molar-refractivity contribution is 0.427. The van der Waals surface area contributed by atoms with Gasteiger partial charge in [-0.2, -0.15) is 4.31 Å². The highest BCUT2D eigenvalue weighted by atomic mass is 35.5. The number of rotatable bonds is 3. The molecule has 6 heteroatoms. The molecule has 3 nitrogen and oxygen atoms in total. The van der Waals surface area contributed by atoms with Crippen LogP contribution < -0.4 is 0 Å². The second-order valence-corrected chi connectivity index (χ2v) is 7.11. The van der Waals surface area contributed by atoms with E-state index in [0.29, 0.717) is 5.56 Å². The fourth-order valence-electron chi connectivity index (χ4n) is 2.45. The maximum atomic E-state index is 14.1. The molecule has 0 bridgehead atoms. The second-order valence-electron chi connectivity index (χ2n) is 4.94. The fourth-order valence-corrected chi connectivity index (χ4v) is 4.06. The van der Waals surface area contributed by atoms with Crippen molar-refractivity contribution in [2.75, 3.05) is 0 Å². The molecule has 3 rings (SSSR count). The molecule has 0 aliphatic carbocycles. The average molecular weight is 326 g/mol. The predicted molar refractivity (Wildman–Crippen MR) is 78.8 cm³/mol. The van der Waals surface area contributed by atoms with Crippen molar-refractivity contribution < 1.29 is 12.8 Å². The zero-order valence-corrected chi connectivity index (χ0v) is 12.7. The summed E-state index contributed by atoms with van der Waals surface area (Å²) in [5.74, 6) is -0.615. The first kappa shape index (κ1) is 14.5. The molecule has 110 valence electrons. The second kappa shape index (κ2) is 5.40. The third-order valence-corrected chi connectivity index (χ3v) is 5.71. The van der Waals surface area contributed by atoms with Crippen LogP contribution in [0.15, 0.2) is 47.4 Å². The Balaban J connectivity index is 1.96. The molecule has 0 atom stereocenters. The van der Waals surface area contributed by atoms with Gasteiger partial charge in [-0.1, -0.05) is 30.3 Å². The van der Waals surface area contributed by atoms with Crippen LogP contribution >= 0.6 is 11.6 Å². The van der Waals surface area contributed by atoms with E-state index in [2.05, 4.69) is 0 Å². The molecule has 0 fully saturated rings. The van der Waals surface area contributed by atoms with Crippen molar-refractivity contribution in [1.29, 1.82) is 0 Å². The van der Waals surface area contributed by atoms with Crippen molar-refractivity contribution in [3.8, 4) is 0 Å². The Bertz CT molecular complexity index is 767. The zero-order valence-electron chi connectivity index (χ0n) is 11.1. The van der Waals surface area contributed by atoms with Gasteiger partial charge in [0, 0.05) is 19.0 Å². The minimum atomic E-state index is -3.85. The Morgan fingerprint density at radius 3 is 2.24 bits per heavy atom. The molecule has 1 aliphatic rings. The van der Waals surface area contributed by atoms with Crippen LogP contribution in [-0.2, 0) is 29.0 Å². The standard InChI is InChI=1S/C15H13ClFNO2S/c16-8-11-5-6-15(14(17)7-11)21(19,20)18-9-12-3-1-2-4-13(12)10-18/h1-7H,8-10H2. The highest BCUT2D eigenvalue weighted by Crippen LogP contribution is 2.29. The third-order valence-electron chi connectivity index (χ3n) is 3.58. The van der Waals surface area contributed by atoms with E-state index < -0.39 is 15.8 Å². The van der Waals surface area contributed by atoms with Crippen LogP contribution in [0.4, 0.5) is 4.39 Å². The van der Waals surface area contributed by atoms with E-state index >= 15 is 0 Å².